The smallest absolute Gasteiger partial charge is 0.250 e. The minimum atomic E-state index is -0.999. The van der Waals surface area contributed by atoms with Crippen molar-refractivity contribution in [3.05, 3.63) is 52.6 Å². The van der Waals surface area contributed by atoms with Crippen LogP contribution in [0.25, 0.3) is 0 Å². The van der Waals surface area contributed by atoms with E-state index in [-0.39, 0.29) is 23.6 Å². The molecule has 1 aromatic heterocycles. The highest BCUT2D eigenvalue weighted by Crippen LogP contribution is 2.26. The molecule has 1 N–H and O–H groups in total. The molecule has 1 aromatic carbocycles. The summed E-state index contributed by atoms with van der Waals surface area (Å²) in [7, 11) is 0. The van der Waals surface area contributed by atoms with Crippen LogP contribution in [0.2, 0.25) is 10.2 Å². The monoisotopic (exact) mass is 424 g/mol. The molecule has 1 amide bonds. The number of thiocarbonyl (C=S) groups is 1. The molecule has 0 radical (unpaired) electrons. The van der Waals surface area contributed by atoms with E-state index in [1.165, 1.54) is 12.1 Å². The number of halogens is 2. The molecule has 2 heterocycles. The van der Waals surface area contributed by atoms with Crippen LogP contribution in [-0.4, -0.2) is 39.9 Å². The van der Waals surface area contributed by atoms with Crippen LogP contribution in [0.15, 0.2) is 42.5 Å². The van der Waals surface area contributed by atoms with Crippen molar-refractivity contribution >= 4 is 57.9 Å². The van der Waals surface area contributed by atoms with Crippen molar-refractivity contribution in [1.29, 1.82) is 0 Å². The predicted octanol–water partition coefficient (Wildman–Crippen LogP) is 4.14. The van der Waals surface area contributed by atoms with Crippen molar-refractivity contribution in [1.82, 2.24) is 9.88 Å². The number of carbonyl (C=O) groups is 1. The van der Waals surface area contributed by atoms with Gasteiger partial charge in [0.15, 0.2) is 5.11 Å². The summed E-state index contributed by atoms with van der Waals surface area (Å²) in [6, 6.07) is 12.7. The zero-order chi connectivity index (χ0) is 19.6. The summed E-state index contributed by atoms with van der Waals surface area (Å²) < 4.78 is 5.67. The van der Waals surface area contributed by atoms with Gasteiger partial charge in [-0.25, -0.2) is 4.98 Å². The van der Waals surface area contributed by atoms with Gasteiger partial charge in [0.2, 0.25) is 0 Å². The lowest BCUT2D eigenvalue weighted by atomic mass is 10.0. The van der Waals surface area contributed by atoms with Gasteiger partial charge in [0.25, 0.3) is 5.91 Å². The number of hydrogen-bond donors (Lipinski definition) is 1. The molecule has 9 heteroatoms. The summed E-state index contributed by atoms with van der Waals surface area (Å²) >= 11 is 17.5. The number of rotatable bonds is 4. The molecule has 27 heavy (non-hydrogen) atoms. The molecule has 0 spiro atoms. The third kappa shape index (κ3) is 4.32. The number of para-hydroxylation sites is 1. The Morgan fingerprint density at radius 1 is 1.22 bits per heavy atom. The second-order valence-electron chi connectivity index (χ2n) is 6.44. The molecule has 0 aliphatic carbocycles. The van der Waals surface area contributed by atoms with Crippen molar-refractivity contribution in [3.63, 3.8) is 0 Å². The van der Waals surface area contributed by atoms with E-state index < -0.39 is 5.54 Å². The van der Waals surface area contributed by atoms with Crippen molar-refractivity contribution in [2.24, 2.45) is 0 Å². The van der Waals surface area contributed by atoms with Crippen LogP contribution in [0.1, 0.15) is 13.8 Å². The highest BCUT2D eigenvalue weighted by atomic mass is 35.5. The Morgan fingerprint density at radius 3 is 2.59 bits per heavy atom. The molecule has 142 valence electrons. The molecule has 1 aliphatic heterocycles. The predicted molar refractivity (Wildman–Crippen MR) is 111 cm³/mol. The number of hydrogen-bond acceptors (Lipinski definition) is 4. The highest BCUT2D eigenvalue weighted by Gasteiger charge is 2.40. The van der Waals surface area contributed by atoms with E-state index in [0.29, 0.717) is 16.9 Å². The summed E-state index contributed by atoms with van der Waals surface area (Å²) in [4.78, 5) is 20.6. The van der Waals surface area contributed by atoms with Gasteiger partial charge in [-0.1, -0.05) is 41.4 Å². The van der Waals surface area contributed by atoms with Gasteiger partial charge >= 0.3 is 0 Å². The van der Waals surface area contributed by atoms with Gasteiger partial charge in [0.1, 0.15) is 30.0 Å². The van der Waals surface area contributed by atoms with Gasteiger partial charge in [0, 0.05) is 10.7 Å². The summed E-state index contributed by atoms with van der Waals surface area (Å²) in [5.74, 6) is -0.0384. The van der Waals surface area contributed by atoms with Crippen LogP contribution in [0.5, 0.6) is 0 Å². The maximum atomic E-state index is 12.9. The normalized spacial score (nSPS) is 15.0. The van der Waals surface area contributed by atoms with Gasteiger partial charge in [-0.2, -0.15) is 0 Å². The number of amides is 1. The third-order valence-corrected chi connectivity index (χ3v) is 5.05. The fourth-order valence-electron chi connectivity index (χ4n) is 2.59. The van der Waals surface area contributed by atoms with E-state index in [1.807, 2.05) is 35.2 Å². The Hall–Kier alpha value is -1.93. The number of pyridine rings is 1. The molecule has 2 aromatic rings. The molecule has 1 saturated heterocycles. The molecule has 0 bridgehead atoms. The number of aromatic nitrogens is 1. The topological polar surface area (TPSA) is 57.7 Å². The molecular weight excluding hydrogens is 407 g/mol. The van der Waals surface area contributed by atoms with E-state index in [2.05, 4.69) is 10.3 Å². The largest absolute Gasteiger partial charge is 0.340 e. The van der Waals surface area contributed by atoms with Gasteiger partial charge < -0.3 is 15.0 Å². The molecule has 0 unspecified atom stereocenters. The van der Waals surface area contributed by atoms with E-state index >= 15 is 0 Å². The standard InChI is InChI=1S/C18H18Cl2N4O2S/c1-18(2,16(25)22-15-9-12(19)8-14(20)21-15)24-11-26-10-23(17(24)27)13-6-4-3-5-7-13/h3-9H,10-11H2,1-2H3,(H,21,22,25). The van der Waals surface area contributed by atoms with Gasteiger partial charge in [-0.15, -0.1) is 0 Å². The summed E-state index contributed by atoms with van der Waals surface area (Å²) in [5.41, 5.74) is -0.104. The minimum Gasteiger partial charge on any atom is -0.340 e. The first-order valence-corrected chi connectivity index (χ1v) is 9.32. The quantitative estimate of drug-likeness (QED) is 0.587. The number of nitrogens with zero attached hydrogens (tertiary/aromatic N) is 3. The van der Waals surface area contributed by atoms with Crippen molar-refractivity contribution < 1.29 is 9.53 Å². The van der Waals surface area contributed by atoms with Gasteiger partial charge in [-0.3, -0.25) is 9.69 Å². The van der Waals surface area contributed by atoms with Crippen molar-refractivity contribution in [3.8, 4) is 0 Å². The second-order valence-corrected chi connectivity index (χ2v) is 7.63. The first-order chi connectivity index (χ1) is 12.8. The van der Waals surface area contributed by atoms with E-state index in [0.717, 1.165) is 5.69 Å². The maximum Gasteiger partial charge on any atom is 0.250 e. The van der Waals surface area contributed by atoms with Crippen LogP contribution in [0, 0.1) is 0 Å². The molecule has 3 rings (SSSR count). The minimum absolute atomic E-state index is 0.197. The summed E-state index contributed by atoms with van der Waals surface area (Å²) in [5, 5.41) is 3.83. The number of benzene rings is 1. The number of nitrogens with one attached hydrogen (secondary N) is 1. The second kappa shape index (κ2) is 7.98. The fourth-order valence-corrected chi connectivity index (χ4v) is 3.50. The highest BCUT2D eigenvalue weighted by molar-refractivity contribution is 7.80. The Bertz CT molecular complexity index is 843. The molecular formula is C18H18Cl2N4O2S. The van der Waals surface area contributed by atoms with Crippen LogP contribution >= 0.6 is 35.4 Å². The number of anilines is 2. The lowest BCUT2D eigenvalue weighted by Gasteiger charge is -2.45. The van der Waals surface area contributed by atoms with E-state index in [4.69, 9.17) is 40.2 Å². The Balaban J connectivity index is 1.80. The van der Waals surface area contributed by atoms with Crippen LogP contribution in [-0.2, 0) is 9.53 Å². The summed E-state index contributed by atoms with van der Waals surface area (Å²) in [6.07, 6.45) is 0. The van der Waals surface area contributed by atoms with Gasteiger partial charge in [-0.05, 0) is 50.3 Å². The number of carbonyl (C=O) groups excluding carboxylic acids is 1. The van der Waals surface area contributed by atoms with Gasteiger partial charge in [0.05, 0.1) is 0 Å². The van der Waals surface area contributed by atoms with Crippen LogP contribution in [0.3, 0.4) is 0 Å². The molecule has 6 nitrogen and oxygen atoms in total. The SMILES string of the molecule is CC(C)(C(=O)Nc1cc(Cl)cc(Cl)n1)N1COCN(c2ccccc2)C1=S. The Labute approximate surface area is 173 Å². The molecule has 1 aliphatic rings. The maximum absolute atomic E-state index is 12.9. The zero-order valence-electron chi connectivity index (χ0n) is 14.8. The van der Waals surface area contributed by atoms with Crippen molar-refractivity contribution in [2.75, 3.05) is 23.7 Å². The fraction of sp³-hybridized carbons (Fsp3) is 0.278. The van der Waals surface area contributed by atoms with Crippen LogP contribution in [0.4, 0.5) is 11.5 Å². The molecule has 0 atom stereocenters. The molecule has 0 saturated carbocycles. The van der Waals surface area contributed by atoms with E-state index in [9.17, 15) is 4.79 Å². The van der Waals surface area contributed by atoms with E-state index in [1.54, 1.807) is 18.7 Å². The lowest BCUT2D eigenvalue weighted by molar-refractivity contribution is -0.127. The average Bonchev–Trinajstić information content (AvgIpc) is 2.61. The first kappa shape index (κ1) is 19.8. The Kier molecular flexibility index (Phi) is 5.86. The Morgan fingerprint density at radius 2 is 1.93 bits per heavy atom. The van der Waals surface area contributed by atoms with Crippen molar-refractivity contribution in [2.45, 2.75) is 19.4 Å². The van der Waals surface area contributed by atoms with Crippen LogP contribution < -0.4 is 10.2 Å². The lowest BCUT2D eigenvalue weighted by Crippen LogP contribution is -2.62. The summed E-state index contributed by atoms with van der Waals surface area (Å²) in [6.45, 7) is 4.05. The third-order valence-electron chi connectivity index (χ3n) is 4.20. The number of ether oxygens (including phenoxy) is 1. The first-order valence-electron chi connectivity index (χ1n) is 8.15. The zero-order valence-corrected chi connectivity index (χ0v) is 17.1. The molecule has 1 fully saturated rings. The average molecular weight is 425 g/mol.